The first kappa shape index (κ1) is 24.2. The highest BCUT2D eigenvalue weighted by Crippen LogP contribution is 2.26. The summed E-state index contributed by atoms with van der Waals surface area (Å²) in [4.78, 5) is 39.4. The van der Waals surface area contributed by atoms with Crippen LogP contribution in [-0.2, 0) is 11.3 Å². The maximum atomic E-state index is 13.6. The number of aromatic nitrogens is 6. The van der Waals surface area contributed by atoms with Gasteiger partial charge < -0.3 is 9.72 Å². The Kier molecular flexibility index (Phi) is 5.81. The maximum absolute atomic E-state index is 13.6. The summed E-state index contributed by atoms with van der Waals surface area (Å²) >= 11 is 0. The van der Waals surface area contributed by atoms with Crippen LogP contribution in [0.4, 0.5) is 13.2 Å². The van der Waals surface area contributed by atoms with Crippen LogP contribution in [0.2, 0.25) is 0 Å². The molecule has 0 aliphatic heterocycles. The molecule has 9 nitrogen and oxygen atoms in total. The van der Waals surface area contributed by atoms with Crippen LogP contribution in [0, 0.1) is 13.8 Å². The number of hydrogen-bond donors (Lipinski definition) is 1. The lowest BCUT2D eigenvalue weighted by Gasteiger charge is -2.17. The van der Waals surface area contributed by atoms with Gasteiger partial charge in [-0.2, -0.15) is 13.2 Å². The Balaban J connectivity index is 1.60. The molecule has 1 aromatic carbocycles. The molecule has 0 aliphatic rings. The number of fused-ring (bicyclic) bond motifs is 2. The fourth-order valence-corrected chi connectivity index (χ4v) is 4.32. The van der Waals surface area contributed by atoms with Gasteiger partial charge in [-0.05, 0) is 44.5 Å². The lowest BCUT2D eigenvalue weighted by Crippen LogP contribution is -2.45. The van der Waals surface area contributed by atoms with Crippen molar-refractivity contribution in [3.8, 4) is 17.1 Å². The van der Waals surface area contributed by atoms with Gasteiger partial charge in [-0.15, -0.1) is 0 Å². The van der Waals surface area contributed by atoms with E-state index in [-0.39, 0.29) is 5.82 Å². The monoisotopic (exact) mass is 509 g/mol. The summed E-state index contributed by atoms with van der Waals surface area (Å²) in [6, 6.07) is 6.85. The van der Waals surface area contributed by atoms with Crippen molar-refractivity contribution < 1.29 is 18.0 Å². The highest BCUT2D eigenvalue weighted by atomic mass is 19.4. The quantitative estimate of drug-likeness (QED) is 0.391. The molecule has 1 amide bonds. The Hall–Kier alpha value is -4.48. The lowest BCUT2D eigenvalue weighted by atomic mass is 10.1. The van der Waals surface area contributed by atoms with Crippen molar-refractivity contribution in [3.63, 3.8) is 0 Å². The molecule has 37 heavy (non-hydrogen) atoms. The van der Waals surface area contributed by atoms with Crippen molar-refractivity contribution in [2.24, 2.45) is 0 Å². The van der Waals surface area contributed by atoms with Crippen LogP contribution in [-0.4, -0.2) is 46.6 Å². The molecule has 0 bridgehead atoms. The van der Waals surface area contributed by atoms with Crippen LogP contribution < -0.4 is 11.0 Å². The molecule has 5 aromatic rings. The third-order valence-corrected chi connectivity index (χ3v) is 6.18. The number of para-hydroxylation sites is 1. The standard InChI is InChI=1S/C25H22F3N7O2/c1-14-6-4-8-19-22(14)35(24(37)34(19)12-21(36)32-16(3)25(26,27)28)23-15(2)31-18(10-30-23)17-7-5-9-33-13-29-11-20(17)33/h4-11,13,16H,12H2,1-3H3,(H,32,36)/t16-/m0/s1. The number of carbonyl (C=O) groups excluding carboxylic acids is 1. The fraction of sp³-hybridized carbons (Fsp3) is 0.240. The SMILES string of the molecule is Cc1nc(-c2cccn3cncc23)cnc1-n1c(=O)n(CC(=O)N[C@@H](C)C(F)(F)F)c2cccc(C)c21. The molecule has 12 heteroatoms. The van der Waals surface area contributed by atoms with E-state index in [2.05, 4.69) is 15.0 Å². The minimum absolute atomic E-state index is 0.260. The van der Waals surface area contributed by atoms with E-state index in [1.54, 1.807) is 50.8 Å². The van der Waals surface area contributed by atoms with Crippen LogP contribution in [0.1, 0.15) is 18.2 Å². The zero-order valence-corrected chi connectivity index (χ0v) is 20.1. The molecule has 0 unspecified atom stereocenters. The van der Waals surface area contributed by atoms with Gasteiger partial charge in [0.05, 0.1) is 46.7 Å². The van der Waals surface area contributed by atoms with Crippen molar-refractivity contribution in [1.82, 2.24) is 33.8 Å². The van der Waals surface area contributed by atoms with Gasteiger partial charge in [-0.25, -0.2) is 24.3 Å². The summed E-state index contributed by atoms with van der Waals surface area (Å²) in [7, 11) is 0. The van der Waals surface area contributed by atoms with Gasteiger partial charge in [-0.1, -0.05) is 12.1 Å². The number of hydrogen-bond acceptors (Lipinski definition) is 5. The first-order valence-corrected chi connectivity index (χ1v) is 11.4. The Morgan fingerprint density at radius 3 is 2.62 bits per heavy atom. The molecule has 0 radical (unpaired) electrons. The number of aryl methyl sites for hydroxylation is 2. The van der Waals surface area contributed by atoms with Gasteiger partial charge in [0.2, 0.25) is 5.91 Å². The van der Waals surface area contributed by atoms with Gasteiger partial charge >= 0.3 is 11.9 Å². The van der Waals surface area contributed by atoms with Gasteiger partial charge in [0.25, 0.3) is 0 Å². The van der Waals surface area contributed by atoms with E-state index >= 15 is 0 Å². The third kappa shape index (κ3) is 4.24. The second kappa shape index (κ2) is 8.87. The molecule has 4 heterocycles. The van der Waals surface area contributed by atoms with E-state index in [1.807, 2.05) is 28.0 Å². The summed E-state index contributed by atoms with van der Waals surface area (Å²) in [5, 5.41) is 1.91. The van der Waals surface area contributed by atoms with Crippen LogP contribution in [0.25, 0.3) is 33.6 Å². The topological polar surface area (TPSA) is 99.1 Å². The Labute approximate surface area is 208 Å². The van der Waals surface area contributed by atoms with Crippen molar-refractivity contribution in [2.45, 2.75) is 39.5 Å². The Morgan fingerprint density at radius 1 is 1.11 bits per heavy atom. The van der Waals surface area contributed by atoms with E-state index in [4.69, 9.17) is 0 Å². The van der Waals surface area contributed by atoms with Gasteiger partial charge in [-0.3, -0.25) is 9.36 Å². The first-order chi connectivity index (χ1) is 17.6. The number of benzene rings is 1. The van der Waals surface area contributed by atoms with Gasteiger partial charge in [0, 0.05) is 11.8 Å². The minimum atomic E-state index is -4.60. The van der Waals surface area contributed by atoms with Gasteiger partial charge in [0.1, 0.15) is 12.6 Å². The number of amides is 1. The van der Waals surface area contributed by atoms with Crippen LogP contribution >= 0.6 is 0 Å². The van der Waals surface area contributed by atoms with Gasteiger partial charge in [0.15, 0.2) is 5.82 Å². The average Bonchev–Trinajstić information content (AvgIpc) is 3.42. The molecule has 0 spiro atoms. The number of rotatable bonds is 5. The normalized spacial score (nSPS) is 12.8. The number of carbonyl (C=O) groups is 1. The zero-order chi connectivity index (χ0) is 26.5. The molecule has 1 N–H and O–H groups in total. The summed E-state index contributed by atoms with van der Waals surface area (Å²) in [6.07, 6.45) is 2.21. The number of nitrogens with zero attached hydrogens (tertiary/aromatic N) is 6. The smallest absolute Gasteiger partial charge is 0.343 e. The average molecular weight is 509 g/mol. The largest absolute Gasteiger partial charge is 0.408 e. The predicted octanol–water partition coefficient (Wildman–Crippen LogP) is 3.58. The summed E-state index contributed by atoms with van der Waals surface area (Å²) in [5.41, 5.74) is 3.70. The van der Waals surface area contributed by atoms with Crippen molar-refractivity contribution in [2.75, 3.05) is 0 Å². The third-order valence-electron chi connectivity index (χ3n) is 6.18. The van der Waals surface area contributed by atoms with Crippen molar-refractivity contribution >= 4 is 22.5 Å². The van der Waals surface area contributed by atoms with E-state index in [9.17, 15) is 22.8 Å². The molecule has 4 aromatic heterocycles. The van der Waals surface area contributed by atoms with E-state index in [0.29, 0.717) is 22.4 Å². The number of nitrogens with one attached hydrogen (secondary N) is 1. The van der Waals surface area contributed by atoms with E-state index in [1.165, 1.54) is 4.57 Å². The second-order valence-electron chi connectivity index (χ2n) is 8.75. The summed E-state index contributed by atoms with van der Waals surface area (Å²) in [5.74, 6) is -0.670. The molecule has 0 saturated heterocycles. The molecule has 0 saturated carbocycles. The van der Waals surface area contributed by atoms with Crippen LogP contribution in [0.15, 0.2) is 60.0 Å². The highest BCUT2D eigenvalue weighted by molar-refractivity contribution is 5.84. The maximum Gasteiger partial charge on any atom is 0.408 e. The lowest BCUT2D eigenvalue weighted by molar-refractivity contribution is -0.158. The highest BCUT2D eigenvalue weighted by Gasteiger charge is 2.37. The van der Waals surface area contributed by atoms with Crippen LogP contribution in [0.3, 0.4) is 0 Å². The number of imidazole rings is 2. The first-order valence-electron chi connectivity index (χ1n) is 11.4. The van der Waals surface area contributed by atoms with Crippen molar-refractivity contribution in [3.05, 3.63) is 77.0 Å². The molecule has 5 rings (SSSR count). The van der Waals surface area contributed by atoms with Crippen molar-refractivity contribution in [1.29, 1.82) is 0 Å². The molecular formula is C25H22F3N7O2. The molecular weight excluding hydrogens is 487 g/mol. The van der Waals surface area contributed by atoms with E-state index in [0.717, 1.165) is 28.1 Å². The molecule has 0 aliphatic carbocycles. The van der Waals surface area contributed by atoms with Crippen LogP contribution in [0.5, 0.6) is 0 Å². The number of pyridine rings is 1. The number of alkyl halides is 3. The number of halogens is 3. The Morgan fingerprint density at radius 2 is 1.89 bits per heavy atom. The zero-order valence-electron chi connectivity index (χ0n) is 20.1. The Bertz CT molecular complexity index is 1720. The predicted molar refractivity (Wildman–Crippen MR) is 130 cm³/mol. The van der Waals surface area contributed by atoms with E-state index < -0.39 is 30.4 Å². The minimum Gasteiger partial charge on any atom is -0.343 e. The molecule has 0 fully saturated rings. The molecule has 190 valence electrons. The summed E-state index contributed by atoms with van der Waals surface area (Å²) in [6.45, 7) is 3.78. The second-order valence-corrected chi connectivity index (χ2v) is 8.75. The summed E-state index contributed by atoms with van der Waals surface area (Å²) < 4.78 is 43.1. The molecule has 1 atom stereocenters. The fourth-order valence-electron chi connectivity index (χ4n) is 4.32.